The van der Waals surface area contributed by atoms with Gasteiger partial charge in [0.25, 0.3) is 0 Å². The predicted molar refractivity (Wildman–Crippen MR) is 40.2 cm³/mol. The zero-order valence-corrected chi connectivity index (χ0v) is 6.96. The molecule has 0 aromatic rings. The number of hydrogen-bond acceptors (Lipinski definition) is 2. The monoisotopic (exact) mass is 155 g/mol. The first-order valence-corrected chi connectivity index (χ1v) is 4.00. The largest absolute Gasteiger partial charge is 0.453 e. The van der Waals surface area contributed by atoms with Gasteiger partial charge in [0.15, 0.2) is 0 Å². The standard InChI is InChI=1S/C8H13NO2/c1-9(7(10)11-2)8-3-6(4-8)5-8/h6H,3-5H2,1-2H3. The summed E-state index contributed by atoms with van der Waals surface area (Å²) in [6.45, 7) is 0. The first-order valence-electron chi connectivity index (χ1n) is 4.00. The maximum atomic E-state index is 11.1. The van der Waals surface area contributed by atoms with Crippen LogP contribution in [0, 0.1) is 5.92 Å². The Morgan fingerprint density at radius 3 is 2.36 bits per heavy atom. The van der Waals surface area contributed by atoms with Crippen molar-refractivity contribution >= 4 is 6.09 Å². The Bertz CT molecular complexity index is 185. The second-order valence-corrected chi connectivity index (χ2v) is 3.73. The molecule has 0 heterocycles. The van der Waals surface area contributed by atoms with Crippen LogP contribution in [-0.4, -0.2) is 30.7 Å². The van der Waals surface area contributed by atoms with Crippen molar-refractivity contribution < 1.29 is 9.53 Å². The summed E-state index contributed by atoms with van der Waals surface area (Å²) in [5.41, 5.74) is 0.206. The molecule has 3 nitrogen and oxygen atoms in total. The van der Waals surface area contributed by atoms with Crippen molar-refractivity contribution in [2.45, 2.75) is 24.8 Å². The molecule has 0 aromatic heterocycles. The van der Waals surface area contributed by atoms with Crippen molar-refractivity contribution in [2.24, 2.45) is 5.92 Å². The number of carbonyl (C=O) groups excluding carboxylic acids is 1. The fourth-order valence-corrected chi connectivity index (χ4v) is 2.17. The summed E-state index contributed by atoms with van der Waals surface area (Å²) in [7, 11) is 3.27. The molecule has 0 radical (unpaired) electrons. The third kappa shape index (κ3) is 0.710. The minimum atomic E-state index is -0.192. The summed E-state index contributed by atoms with van der Waals surface area (Å²) in [4.78, 5) is 12.8. The van der Waals surface area contributed by atoms with Gasteiger partial charge in [-0.3, -0.25) is 0 Å². The lowest BCUT2D eigenvalue weighted by atomic mass is 9.49. The zero-order valence-electron chi connectivity index (χ0n) is 6.96. The molecule has 3 aliphatic rings. The Hall–Kier alpha value is -0.730. The minimum Gasteiger partial charge on any atom is -0.453 e. The van der Waals surface area contributed by atoms with E-state index >= 15 is 0 Å². The van der Waals surface area contributed by atoms with Crippen molar-refractivity contribution in [1.29, 1.82) is 0 Å². The van der Waals surface area contributed by atoms with E-state index in [9.17, 15) is 4.79 Å². The number of hydrogen-bond donors (Lipinski definition) is 0. The van der Waals surface area contributed by atoms with Crippen LogP contribution in [-0.2, 0) is 4.74 Å². The van der Waals surface area contributed by atoms with E-state index < -0.39 is 0 Å². The average molecular weight is 155 g/mol. The molecule has 0 atom stereocenters. The summed E-state index contributed by atoms with van der Waals surface area (Å²) < 4.78 is 4.65. The van der Waals surface area contributed by atoms with Crippen molar-refractivity contribution in [2.75, 3.05) is 14.2 Å². The highest BCUT2D eigenvalue weighted by Gasteiger charge is 2.60. The first kappa shape index (κ1) is 6.95. The number of methoxy groups -OCH3 is 1. The Kier molecular flexibility index (Phi) is 1.20. The molecule has 0 spiro atoms. The maximum Gasteiger partial charge on any atom is 0.409 e. The normalized spacial score (nSPS) is 38.5. The van der Waals surface area contributed by atoms with Crippen molar-refractivity contribution in [3.63, 3.8) is 0 Å². The van der Waals surface area contributed by atoms with Gasteiger partial charge in [-0.1, -0.05) is 0 Å². The van der Waals surface area contributed by atoms with Gasteiger partial charge in [-0.2, -0.15) is 0 Å². The fraction of sp³-hybridized carbons (Fsp3) is 0.875. The molecule has 3 saturated carbocycles. The Morgan fingerprint density at radius 2 is 2.09 bits per heavy atom. The second kappa shape index (κ2) is 1.90. The summed E-state index contributed by atoms with van der Waals surface area (Å²) in [5, 5.41) is 0. The van der Waals surface area contributed by atoms with Gasteiger partial charge in [-0.05, 0) is 25.2 Å². The quantitative estimate of drug-likeness (QED) is 0.570. The molecule has 0 unspecified atom stereocenters. The van der Waals surface area contributed by atoms with E-state index in [0.29, 0.717) is 0 Å². The average Bonchev–Trinajstić information content (AvgIpc) is 1.79. The van der Waals surface area contributed by atoms with Crippen LogP contribution in [0.4, 0.5) is 4.79 Å². The molecule has 11 heavy (non-hydrogen) atoms. The van der Waals surface area contributed by atoms with Crippen LogP contribution in [0.25, 0.3) is 0 Å². The van der Waals surface area contributed by atoms with Gasteiger partial charge in [-0.25, -0.2) is 4.79 Å². The molecule has 3 fully saturated rings. The number of rotatable bonds is 1. The summed E-state index contributed by atoms with van der Waals surface area (Å²) >= 11 is 0. The van der Waals surface area contributed by atoms with Crippen LogP contribution in [0.15, 0.2) is 0 Å². The van der Waals surface area contributed by atoms with Crippen molar-refractivity contribution in [3.8, 4) is 0 Å². The fourth-order valence-electron chi connectivity index (χ4n) is 2.17. The van der Waals surface area contributed by atoms with E-state index in [1.807, 2.05) is 7.05 Å². The van der Waals surface area contributed by atoms with Crippen LogP contribution in [0.2, 0.25) is 0 Å². The molecular formula is C8H13NO2. The predicted octanol–water partition coefficient (Wildman–Crippen LogP) is 1.24. The lowest BCUT2D eigenvalue weighted by molar-refractivity contribution is -0.119. The molecule has 0 N–H and O–H groups in total. The molecule has 2 bridgehead atoms. The molecule has 3 aliphatic carbocycles. The zero-order chi connectivity index (χ0) is 8.06. The number of nitrogens with zero attached hydrogens (tertiary/aromatic N) is 1. The summed E-state index contributed by atoms with van der Waals surface area (Å²) in [6, 6.07) is 0. The smallest absolute Gasteiger partial charge is 0.409 e. The first-order chi connectivity index (χ1) is 5.18. The highest BCUT2D eigenvalue weighted by molar-refractivity contribution is 5.69. The molecule has 3 heteroatoms. The Balaban J connectivity index is 1.98. The molecule has 0 aliphatic heterocycles. The topological polar surface area (TPSA) is 29.5 Å². The number of ether oxygens (including phenoxy) is 1. The molecule has 1 amide bonds. The number of amides is 1. The van der Waals surface area contributed by atoms with Crippen molar-refractivity contribution in [1.82, 2.24) is 4.90 Å². The van der Waals surface area contributed by atoms with Gasteiger partial charge in [0, 0.05) is 12.6 Å². The van der Waals surface area contributed by atoms with Gasteiger partial charge in [0.1, 0.15) is 0 Å². The minimum absolute atomic E-state index is 0.192. The van der Waals surface area contributed by atoms with Crippen molar-refractivity contribution in [3.05, 3.63) is 0 Å². The van der Waals surface area contributed by atoms with Gasteiger partial charge in [0.2, 0.25) is 0 Å². The lowest BCUT2D eigenvalue weighted by Gasteiger charge is -2.64. The Morgan fingerprint density at radius 1 is 1.55 bits per heavy atom. The molecular weight excluding hydrogens is 142 g/mol. The SMILES string of the molecule is COC(=O)N(C)C12CC(C1)C2. The van der Waals surface area contributed by atoms with E-state index in [0.717, 1.165) is 5.92 Å². The second-order valence-electron chi connectivity index (χ2n) is 3.73. The molecule has 0 saturated heterocycles. The van der Waals surface area contributed by atoms with E-state index in [4.69, 9.17) is 0 Å². The van der Waals surface area contributed by atoms with Crippen LogP contribution in [0.5, 0.6) is 0 Å². The number of carbonyl (C=O) groups is 1. The highest BCUT2D eigenvalue weighted by atomic mass is 16.5. The van der Waals surface area contributed by atoms with E-state index in [1.165, 1.54) is 26.4 Å². The van der Waals surface area contributed by atoms with Gasteiger partial charge >= 0.3 is 6.09 Å². The van der Waals surface area contributed by atoms with Crippen LogP contribution in [0.3, 0.4) is 0 Å². The van der Waals surface area contributed by atoms with Gasteiger partial charge in [-0.15, -0.1) is 0 Å². The van der Waals surface area contributed by atoms with Gasteiger partial charge < -0.3 is 9.64 Å². The Labute approximate surface area is 66.3 Å². The van der Waals surface area contributed by atoms with Crippen LogP contribution >= 0.6 is 0 Å². The third-order valence-corrected chi connectivity index (χ3v) is 3.17. The summed E-state index contributed by atoms with van der Waals surface area (Å²) in [6.07, 6.45) is 3.39. The lowest BCUT2D eigenvalue weighted by Crippen LogP contribution is -2.68. The van der Waals surface area contributed by atoms with Crippen LogP contribution < -0.4 is 0 Å². The third-order valence-electron chi connectivity index (χ3n) is 3.17. The molecule has 3 rings (SSSR count). The highest BCUT2D eigenvalue weighted by Crippen LogP contribution is 2.60. The van der Waals surface area contributed by atoms with Crippen LogP contribution in [0.1, 0.15) is 19.3 Å². The maximum absolute atomic E-state index is 11.1. The van der Waals surface area contributed by atoms with E-state index in [2.05, 4.69) is 4.74 Å². The van der Waals surface area contributed by atoms with Gasteiger partial charge in [0.05, 0.1) is 7.11 Å². The molecule has 0 aromatic carbocycles. The van der Waals surface area contributed by atoms with E-state index in [1.54, 1.807) is 4.90 Å². The molecule has 62 valence electrons. The summed E-state index contributed by atoms with van der Waals surface area (Å²) in [5.74, 6) is 0.905. The van der Waals surface area contributed by atoms with E-state index in [-0.39, 0.29) is 11.6 Å².